The minimum Gasteiger partial charge on any atom is -0.493 e. The summed E-state index contributed by atoms with van der Waals surface area (Å²) in [6.45, 7) is 1.26. The van der Waals surface area contributed by atoms with E-state index in [9.17, 15) is 4.79 Å². The van der Waals surface area contributed by atoms with E-state index in [0.29, 0.717) is 5.76 Å². The molecule has 5 heteroatoms. The van der Waals surface area contributed by atoms with Gasteiger partial charge in [-0.25, -0.2) is 0 Å². The Bertz CT molecular complexity index is 825. The molecule has 0 N–H and O–H groups in total. The van der Waals surface area contributed by atoms with Gasteiger partial charge in [0.25, 0.3) is 0 Å². The van der Waals surface area contributed by atoms with Crippen molar-refractivity contribution in [3.8, 4) is 11.5 Å². The van der Waals surface area contributed by atoms with Gasteiger partial charge in [-0.05, 0) is 67.4 Å². The molecule has 4 aliphatic rings. The highest BCUT2D eigenvalue weighted by Crippen LogP contribution is 2.53. The zero-order chi connectivity index (χ0) is 16.5. The van der Waals surface area contributed by atoms with Gasteiger partial charge in [0.05, 0.1) is 7.11 Å². The zero-order valence-corrected chi connectivity index (χ0v) is 13.8. The summed E-state index contributed by atoms with van der Waals surface area (Å²) < 4.78 is 16.5. The van der Waals surface area contributed by atoms with Crippen molar-refractivity contribution in [2.24, 2.45) is 0 Å². The number of ether oxygens (including phenoxy) is 3. The molecule has 2 heterocycles. The van der Waals surface area contributed by atoms with E-state index in [-0.39, 0.29) is 24.0 Å². The summed E-state index contributed by atoms with van der Waals surface area (Å²) in [5, 5.41) is 0. The van der Waals surface area contributed by atoms with Crippen LogP contribution in [0.3, 0.4) is 0 Å². The summed E-state index contributed by atoms with van der Waals surface area (Å²) in [4.78, 5) is 14.7. The maximum atomic E-state index is 12.4. The molecule has 0 unspecified atom stereocenters. The number of ketones is 1. The number of likely N-dealkylation sites (N-methyl/N-ethyl adjacent to an activating group) is 1. The Morgan fingerprint density at radius 1 is 1.29 bits per heavy atom. The van der Waals surface area contributed by atoms with Crippen molar-refractivity contribution in [1.82, 2.24) is 4.90 Å². The average molecular weight is 325 g/mol. The van der Waals surface area contributed by atoms with Crippen LogP contribution in [0.25, 0.3) is 0 Å². The highest BCUT2D eigenvalue weighted by atomic mass is 16.7. The van der Waals surface area contributed by atoms with Crippen molar-refractivity contribution >= 4 is 5.78 Å². The Morgan fingerprint density at radius 3 is 2.88 bits per heavy atom. The Balaban J connectivity index is 1.78. The largest absolute Gasteiger partial charge is 0.493 e. The number of nitrogens with zero attached hydrogens (tertiary/aromatic N) is 1. The first-order valence-electron chi connectivity index (χ1n) is 8.29. The number of hydrogen-bond acceptors (Lipinski definition) is 5. The van der Waals surface area contributed by atoms with Crippen molar-refractivity contribution in [1.29, 1.82) is 0 Å². The van der Waals surface area contributed by atoms with Gasteiger partial charge < -0.3 is 14.2 Å². The summed E-state index contributed by atoms with van der Waals surface area (Å²) >= 11 is 0. The van der Waals surface area contributed by atoms with Gasteiger partial charge in [-0.1, -0.05) is 0 Å². The first kappa shape index (κ1) is 14.1. The fraction of sp³-hybridized carbons (Fsp3) is 0.421. The molecule has 2 bridgehead atoms. The van der Waals surface area contributed by atoms with Crippen LogP contribution in [-0.4, -0.2) is 44.2 Å². The van der Waals surface area contributed by atoms with Crippen LogP contribution in [0.5, 0.6) is 11.5 Å². The number of carbonyl (C=O) groups is 1. The van der Waals surface area contributed by atoms with Gasteiger partial charge in [-0.3, -0.25) is 9.69 Å². The van der Waals surface area contributed by atoms with E-state index in [1.807, 2.05) is 6.08 Å². The van der Waals surface area contributed by atoms with E-state index in [1.165, 1.54) is 16.7 Å². The molecule has 5 nitrogen and oxygen atoms in total. The molecule has 2 aliphatic carbocycles. The molecule has 2 atom stereocenters. The second-order valence-corrected chi connectivity index (χ2v) is 6.96. The molecular weight excluding hydrogens is 306 g/mol. The normalized spacial score (nSPS) is 30.2. The van der Waals surface area contributed by atoms with Gasteiger partial charge in [0, 0.05) is 11.5 Å². The van der Waals surface area contributed by atoms with Gasteiger partial charge in [0.2, 0.25) is 12.6 Å². The Labute approximate surface area is 140 Å². The van der Waals surface area contributed by atoms with Gasteiger partial charge in [0.15, 0.2) is 17.3 Å². The van der Waals surface area contributed by atoms with E-state index in [1.54, 1.807) is 13.2 Å². The molecule has 1 fully saturated rings. The van der Waals surface area contributed by atoms with Crippen molar-refractivity contribution in [2.75, 3.05) is 27.5 Å². The highest BCUT2D eigenvalue weighted by Gasteiger charge is 2.50. The lowest BCUT2D eigenvalue weighted by Gasteiger charge is -2.52. The third kappa shape index (κ3) is 1.65. The molecule has 2 aliphatic heterocycles. The summed E-state index contributed by atoms with van der Waals surface area (Å²) in [5.41, 5.74) is 3.41. The van der Waals surface area contributed by atoms with Crippen LogP contribution in [0, 0.1) is 0 Å². The molecular formula is C19H19NO4. The van der Waals surface area contributed by atoms with Crippen molar-refractivity contribution < 1.29 is 19.0 Å². The van der Waals surface area contributed by atoms with E-state index in [2.05, 4.69) is 24.1 Å². The van der Waals surface area contributed by atoms with Gasteiger partial charge in [0.1, 0.15) is 0 Å². The summed E-state index contributed by atoms with van der Waals surface area (Å²) in [5.74, 6) is 2.02. The SMILES string of the molecule is COC1=C[C@]23CCN(C)[C@@H](Cc4cc5c(cc42)OCO5)C3=CC1=O. The van der Waals surface area contributed by atoms with Crippen LogP contribution in [0.2, 0.25) is 0 Å². The van der Waals surface area contributed by atoms with E-state index >= 15 is 0 Å². The predicted molar refractivity (Wildman–Crippen MR) is 87.2 cm³/mol. The average Bonchev–Trinajstić information content (AvgIpc) is 3.04. The second kappa shape index (κ2) is 4.63. The molecule has 0 aromatic heterocycles. The first-order valence-corrected chi connectivity index (χ1v) is 8.29. The fourth-order valence-electron chi connectivity index (χ4n) is 4.65. The maximum Gasteiger partial charge on any atom is 0.231 e. The number of rotatable bonds is 1. The van der Waals surface area contributed by atoms with E-state index in [4.69, 9.17) is 14.2 Å². The summed E-state index contributed by atoms with van der Waals surface area (Å²) in [6, 6.07) is 4.45. The summed E-state index contributed by atoms with van der Waals surface area (Å²) in [6.07, 6.45) is 5.65. The van der Waals surface area contributed by atoms with E-state index in [0.717, 1.165) is 30.9 Å². The number of piperidine rings is 1. The number of methoxy groups -OCH3 is 1. The number of hydrogen-bond donors (Lipinski definition) is 0. The number of carbonyl (C=O) groups excluding carboxylic acids is 1. The van der Waals surface area contributed by atoms with Crippen LogP contribution in [0.4, 0.5) is 0 Å². The minimum absolute atomic E-state index is 0.0346. The molecule has 1 saturated heterocycles. The van der Waals surface area contributed by atoms with Gasteiger partial charge in [-0.15, -0.1) is 0 Å². The third-order valence-corrected chi connectivity index (χ3v) is 5.88. The fourth-order valence-corrected chi connectivity index (χ4v) is 4.65. The molecule has 1 aromatic rings. The van der Waals surface area contributed by atoms with Crippen LogP contribution < -0.4 is 9.47 Å². The number of benzene rings is 1. The Kier molecular flexibility index (Phi) is 2.72. The number of fused-ring (bicyclic) bond motifs is 2. The highest BCUT2D eigenvalue weighted by molar-refractivity contribution is 6.05. The van der Waals surface area contributed by atoms with Crippen LogP contribution in [-0.2, 0) is 21.4 Å². The molecule has 0 spiro atoms. The zero-order valence-electron chi connectivity index (χ0n) is 13.8. The topological polar surface area (TPSA) is 48.0 Å². The maximum absolute atomic E-state index is 12.4. The van der Waals surface area contributed by atoms with Gasteiger partial charge in [-0.2, -0.15) is 0 Å². The molecule has 24 heavy (non-hydrogen) atoms. The van der Waals surface area contributed by atoms with Crippen LogP contribution in [0.1, 0.15) is 17.5 Å². The number of allylic oxidation sites excluding steroid dienone is 2. The first-order chi connectivity index (χ1) is 11.6. The number of likely N-dealkylation sites (tertiary alicyclic amines) is 1. The Hall–Kier alpha value is -2.27. The molecule has 5 rings (SSSR count). The van der Waals surface area contributed by atoms with Gasteiger partial charge >= 0.3 is 0 Å². The lowest BCUT2D eigenvalue weighted by molar-refractivity contribution is -0.114. The molecule has 124 valence electrons. The minimum atomic E-state index is -0.273. The van der Waals surface area contributed by atoms with E-state index < -0.39 is 0 Å². The molecule has 0 amide bonds. The van der Waals surface area contributed by atoms with Crippen molar-refractivity contribution in [2.45, 2.75) is 24.3 Å². The second-order valence-electron chi connectivity index (χ2n) is 6.96. The predicted octanol–water partition coefficient (Wildman–Crippen LogP) is 1.95. The standard InChI is InChI=1S/C19H19NO4/c1-20-4-3-19-9-18(22-2)15(21)7-13(19)14(20)5-11-6-16-17(8-12(11)19)24-10-23-16/h6-9,14H,3-5,10H2,1-2H3/t14-,19+/m0/s1. The quantitative estimate of drug-likeness (QED) is 0.790. The molecule has 1 aromatic carbocycles. The third-order valence-electron chi connectivity index (χ3n) is 5.88. The molecule has 0 saturated carbocycles. The summed E-state index contributed by atoms with van der Waals surface area (Å²) in [7, 11) is 3.70. The van der Waals surface area contributed by atoms with Crippen LogP contribution >= 0.6 is 0 Å². The lowest BCUT2D eigenvalue weighted by atomic mass is 9.59. The smallest absolute Gasteiger partial charge is 0.231 e. The Morgan fingerprint density at radius 2 is 2.08 bits per heavy atom. The van der Waals surface area contributed by atoms with Crippen molar-refractivity contribution in [3.05, 3.63) is 46.7 Å². The lowest BCUT2D eigenvalue weighted by Crippen LogP contribution is -2.54. The van der Waals surface area contributed by atoms with Crippen LogP contribution in [0.15, 0.2) is 35.6 Å². The monoisotopic (exact) mass is 325 g/mol. The molecule has 0 radical (unpaired) electrons. The van der Waals surface area contributed by atoms with Crippen molar-refractivity contribution in [3.63, 3.8) is 0 Å².